The average molecular weight is 275 g/mol. The van der Waals surface area contributed by atoms with Gasteiger partial charge in [0.05, 0.1) is 10.7 Å². The van der Waals surface area contributed by atoms with Crippen LogP contribution in [0.1, 0.15) is 12.8 Å². The molecule has 0 aliphatic heterocycles. The number of anilines is 1. The van der Waals surface area contributed by atoms with Crippen molar-refractivity contribution in [1.82, 2.24) is 4.90 Å². The van der Waals surface area contributed by atoms with Crippen molar-refractivity contribution in [3.05, 3.63) is 28.2 Å². The van der Waals surface area contributed by atoms with Gasteiger partial charge >= 0.3 is 0 Å². The van der Waals surface area contributed by atoms with Crippen LogP contribution in [-0.4, -0.2) is 31.4 Å². The molecule has 0 radical (unpaired) electrons. The average Bonchev–Trinajstić information content (AvgIpc) is 2.26. The van der Waals surface area contributed by atoms with Crippen molar-refractivity contribution in [3.8, 4) is 0 Å². The number of hydrogen-bond acceptors (Lipinski definition) is 2. The van der Waals surface area contributed by atoms with Gasteiger partial charge in [-0.15, -0.1) is 0 Å². The Labute approximate surface area is 112 Å². The molecule has 0 aliphatic carbocycles. The lowest BCUT2D eigenvalue weighted by Gasteiger charge is -2.11. The first-order chi connectivity index (χ1) is 8.00. The zero-order valence-corrected chi connectivity index (χ0v) is 11.5. The van der Waals surface area contributed by atoms with Crippen molar-refractivity contribution >= 4 is 34.8 Å². The molecule has 1 aromatic carbocycles. The highest BCUT2D eigenvalue weighted by molar-refractivity contribution is 6.36. The van der Waals surface area contributed by atoms with Gasteiger partial charge in [0.2, 0.25) is 5.91 Å². The highest BCUT2D eigenvalue weighted by Crippen LogP contribution is 2.25. The van der Waals surface area contributed by atoms with E-state index in [4.69, 9.17) is 23.2 Å². The fourth-order valence-electron chi connectivity index (χ4n) is 1.32. The topological polar surface area (TPSA) is 32.3 Å². The van der Waals surface area contributed by atoms with Gasteiger partial charge in [0.1, 0.15) is 0 Å². The van der Waals surface area contributed by atoms with Crippen LogP contribution in [0.3, 0.4) is 0 Å². The molecule has 1 aromatic rings. The Morgan fingerprint density at radius 3 is 2.65 bits per heavy atom. The monoisotopic (exact) mass is 274 g/mol. The maximum absolute atomic E-state index is 11.3. The Morgan fingerprint density at radius 1 is 1.35 bits per heavy atom. The standard InChI is InChI=1S/C12H16Cl2N2O/c1-16(2)12(17)4-3-7-15-11-6-5-9(13)8-10(11)14/h5-6,8,15H,3-4,7H2,1-2H3. The molecular formula is C12H16Cl2N2O. The molecule has 1 amide bonds. The number of amides is 1. The number of hydrogen-bond donors (Lipinski definition) is 1. The molecule has 3 nitrogen and oxygen atoms in total. The minimum absolute atomic E-state index is 0.133. The van der Waals surface area contributed by atoms with Crippen LogP contribution in [0.25, 0.3) is 0 Å². The summed E-state index contributed by atoms with van der Waals surface area (Å²) < 4.78 is 0. The van der Waals surface area contributed by atoms with Crippen molar-refractivity contribution < 1.29 is 4.79 Å². The van der Waals surface area contributed by atoms with E-state index in [1.54, 1.807) is 31.1 Å². The van der Waals surface area contributed by atoms with Gasteiger partial charge in [-0.05, 0) is 24.6 Å². The Kier molecular flexibility index (Phi) is 5.59. The summed E-state index contributed by atoms with van der Waals surface area (Å²) in [6.45, 7) is 0.709. The SMILES string of the molecule is CN(C)C(=O)CCCNc1ccc(Cl)cc1Cl. The number of benzene rings is 1. The Morgan fingerprint density at radius 2 is 2.06 bits per heavy atom. The van der Waals surface area contributed by atoms with Gasteiger partial charge < -0.3 is 10.2 Å². The first-order valence-corrected chi connectivity index (χ1v) is 6.15. The Bertz CT molecular complexity index is 394. The fraction of sp³-hybridized carbons (Fsp3) is 0.417. The number of nitrogens with one attached hydrogen (secondary N) is 1. The van der Waals surface area contributed by atoms with Gasteiger partial charge in [0.25, 0.3) is 0 Å². The van der Waals surface area contributed by atoms with Crippen molar-refractivity contribution in [2.45, 2.75) is 12.8 Å². The number of rotatable bonds is 5. The highest BCUT2D eigenvalue weighted by Gasteiger charge is 2.04. The third-order valence-corrected chi connectivity index (χ3v) is 2.86. The van der Waals surface area contributed by atoms with E-state index in [2.05, 4.69) is 5.32 Å². The summed E-state index contributed by atoms with van der Waals surface area (Å²) in [6.07, 6.45) is 1.31. The molecule has 1 rings (SSSR count). The number of nitrogens with zero attached hydrogens (tertiary/aromatic N) is 1. The van der Waals surface area contributed by atoms with E-state index in [0.29, 0.717) is 23.0 Å². The molecule has 0 aliphatic rings. The first-order valence-electron chi connectivity index (χ1n) is 5.40. The van der Waals surface area contributed by atoms with Crippen LogP contribution >= 0.6 is 23.2 Å². The molecular weight excluding hydrogens is 259 g/mol. The lowest BCUT2D eigenvalue weighted by atomic mass is 10.2. The first kappa shape index (κ1) is 14.1. The normalized spacial score (nSPS) is 10.1. The van der Waals surface area contributed by atoms with E-state index in [0.717, 1.165) is 12.1 Å². The van der Waals surface area contributed by atoms with Crippen LogP contribution in [0.2, 0.25) is 10.0 Å². The van der Waals surface area contributed by atoms with Gasteiger partial charge in [-0.2, -0.15) is 0 Å². The summed E-state index contributed by atoms with van der Waals surface area (Å²) in [7, 11) is 3.51. The number of halogens is 2. The molecule has 0 spiro atoms. The molecule has 94 valence electrons. The van der Waals surface area contributed by atoms with Gasteiger partial charge in [-0.3, -0.25) is 4.79 Å². The van der Waals surface area contributed by atoms with E-state index >= 15 is 0 Å². The van der Waals surface area contributed by atoms with E-state index in [9.17, 15) is 4.79 Å². The highest BCUT2D eigenvalue weighted by atomic mass is 35.5. The zero-order valence-electron chi connectivity index (χ0n) is 9.96. The lowest BCUT2D eigenvalue weighted by Crippen LogP contribution is -2.22. The smallest absolute Gasteiger partial charge is 0.222 e. The second kappa shape index (κ2) is 6.72. The van der Waals surface area contributed by atoms with Gasteiger partial charge in [0.15, 0.2) is 0 Å². The Hall–Kier alpha value is -0.930. The molecule has 0 saturated carbocycles. The fourth-order valence-corrected chi connectivity index (χ4v) is 1.79. The molecule has 0 unspecified atom stereocenters. The minimum Gasteiger partial charge on any atom is -0.384 e. The summed E-state index contributed by atoms with van der Waals surface area (Å²) >= 11 is 11.8. The Balaban J connectivity index is 2.34. The van der Waals surface area contributed by atoms with Gasteiger partial charge in [-0.25, -0.2) is 0 Å². The molecule has 17 heavy (non-hydrogen) atoms. The zero-order chi connectivity index (χ0) is 12.8. The van der Waals surface area contributed by atoms with Crippen molar-refractivity contribution in [3.63, 3.8) is 0 Å². The number of carbonyl (C=O) groups excluding carboxylic acids is 1. The van der Waals surface area contributed by atoms with Crippen LogP contribution in [0.15, 0.2) is 18.2 Å². The third-order valence-electron chi connectivity index (χ3n) is 2.31. The molecule has 5 heteroatoms. The molecule has 0 fully saturated rings. The molecule has 1 N–H and O–H groups in total. The van der Waals surface area contributed by atoms with Gasteiger partial charge in [-0.1, -0.05) is 23.2 Å². The van der Waals surface area contributed by atoms with Crippen molar-refractivity contribution in [2.24, 2.45) is 0 Å². The predicted octanol–water partition coefficient (Wildman–Crippen LogP) is 3.27. The van der Waals surface area contributed by atoms with Crippen LogP contribution < -0.4 is 5.32 Å². The van der Waals surface area contributed by atoms with E-state index in [-0.39, 0.29) is 5.91 Å². The minimum atomic E-state index is 0.133. The molecule has 0 atom stereocenters. The second-order valence-corrected chi connectivity index (χ2v) is 4.79. The summed E-state index contributed by atoms with van der Waals surface area (Å²) in [6, 6.07) is 5.30. The van der Waals surface area contributed by atoms with Crippen LogP contribution in [0.4, 0.5) is 5.69 Å². The molecule has 0 bridgehead atoms. The van der Waals surface area contributed by atoms with E-state index in [1.165, 1.54) is 0 Å². The maximum atomic E-state index is 11.3. The summed E-state index contributed by atoms with van der Waals surface area (Å²) in [4.78, 5) is 12.9. The van der Waals surface area contributed by atoms with Crippen LogP contribution in [-0.2, 0) is 4.79 Å². The second-order valence-electron chi connectivity index (χ2n) is 3.94. The van der Waals surface area contributed by atoms with Crippen molar-refractivity contribution in [2.75, 3.05) is 26.0 Å². The molecule has 0 heterocycles. The van der Waals surface area contributed by atoms with E-state index in [1.807, 2.05) is 6.07 Å². The quantitative estimate of drug-likeness (QED) is 0.836. The van der Waals surface area contributed by atoms with Crippen molar-refractivity contribution in [1.29, 1.82) is 0 Å². The summed E-state index contributed by atoms with van der Waals surface area (Å²) in [5.41, 5.74) is 0.841. The summed E-state index contributed by atoms with van der Waals surface area (Å²) in [5.74, 6) is 0.133. The van der Waals surface area contributed by atoms with E-state index < -0.39 is 0 Å². The summed E-state index contributed by atoms with van der Waals surface area (Å²) in [5, 5.41) is 4.38. The molecule has 0 saturated heterocycles. The largest absolute Gasteiger partial charge is 0.384 e. The predicted molar refractivity (Wildman–Crippen MR) is 72.9 cm³/mol. The third kappa shape index (κ3) is 4.84. The van der Waals surface area contributed by atoms with Crippen LogP contribution in [0, 0.1) is 0 Å². The van der Waals surface area contributed by atoms with Gasteiger partial charge in [0, 0.05) is 32.1 Å². The number of carbonyl (C=O) groups is 1. The molecule has 0 aromatic heterocycles. The maximum Gasteiger partial charge on any atom is 0.222 e. The van der Waals surface area contributed by atoms with Crippen LogP contribution in [0.5, 0.6) is 0 Å². The lowest BCUT2D eigenvalue weighted by molar-refractivity contribution is -0.128.